The lowest BCUT2D eigenvalue weighted by molar-refractivity contribution is -0.111. The fourth-order valence-electron chi connectivity index (χ4n) is 2.59. The molecule has 66 valence electrons. The van der Waals surface area contributed by atoms with Gasteiger partial charge in [-0.25, -0.2) is 0 Å². The SMILES string of the molecule is CC1(C)CC(C)(C(O)CO)C1. The van der Waals surface area contributed by atoms with Gasteiger partial charge >= 0.3 is 0 Å². The Balaban J connectivity index is 2.49. The van der Waals surface area contributed by atoms with Crippen LogP contribution < -0.4 is 0 Å². The predicted octanol–water partition coefficient (Wildman–Crippen LogP) is 1.17. The first kappa shape index (κ1) is 9.01. The Labute approximate surface area is 68.2 Å². The molecule has 1 rings (SSSR count). The first-order valence-electron chi connectivity index (χ1n) is 4.19. The van der Waals surface area contributed by atoms with E-state index in [1.54, 1.807) is 0 Å². The Bertz CT molecular complexity index is 144. The maximum atomic E-state index is 9.42. The van der Waals surface area contributed by atoms with E-state index in [-0.39, 0.29) is 12.0 Å². The van der Waals surface area contributed by atoms with Crippen LogP contribution in [0.25, 0.3) is 0 Å². The van der Waals surface area contributed by atoms with E-state index in [9.17, 15) is 5.11 Å². The van der Waals surface area contributed by atoms with E-state index in [1.165, 1.54) is 0 Å². The van der Waals surface area contributed by atoms with Crippen LogP contribution in [0.5, 0.6) is 0 Å². The van der Waals surface area contributed by atoms with Crippen molar-refractivity contribution in [2.24, 2.45) is 10.8 Å². The summed E-state index contributed by atoms with van der Waals surface area (Å²) in [6, 6.07) is 0. The summed E-state index contributed by atoms with van der Waals surface area (Å²) in [4.78, 5) is 0. The molecule has 1 aliphatic carbocycles. The third-order valence-corrected chi connectivity index (χ3v) is 2.74. The monoisotopic (exact) mass is 158 g/mol. The summed E-state index contributed by atoms with van der Waals surface area (Å²) in [6.07, 6.45) is 1.50. The molecular weight excluding hydrogens is 140 g/mol. The van der Waals surface area contributed by atoms with Crippen LogP contribution in [0.1, 0.15) is 33.6 Å². The lowest BCUT2D eigenvalue weighted by Crippen LogP contribution is -2.49. The molecule has 0 radical (unpaired) electrons. The summed E-state index contributed by atoms with van der Waals surface area (Å²) >= 11 is 0. The van der Waals surface area contributed by atoms with Crippen LogP contribution in [-0.2, 0) is 0 Å². The van der Waals surface area contributed by atoms with Crippen LogP contribution in [0.4, 0.5) is 0 Å². The molecule has 0 aliphatic heterocycles. The zero-order chi connectivity index (χ0) is 8.70. The van der Waals surface area contributed by atoms with Crippen molar-refractivity contribution in [1.82, 2.24) is 0 Å². The minimum absolute atomic E-state index is 0.0295. The van der Waals surface area contributed by atoms with Crippen molar-refractivity contribution < 1.29 is 10.2 Å². The molecular formula is C9H18O2. The molecule has 1 fully saturated rings. The molecule has 2 heteroatoms. The molecule has 1 aliphatic rings. The largest absolute Gasteiger partial charge is 0.394 e. The number of rotatable bonds is 2. The molecule has 11 heavy (non-hydrogen) atoms. The standard InChI is InChI=1S/C9H18O2/c1-8(2)5-9(3,6-8)7(11)4-10/h7,10-11H,4-6H2,1-3H3. The van der Waals surface area contributed by atoms with E-state index >= 15 is 0 Å². The van der Waals surface area contributed by atoms with Crippen LogP contribution in [0.15, 0.2) is 0 Å². The minimum atomic E-state index is -0.532. The Morgan fingerprint density at radius 3 is 2.00 bits per heavy atom. The molecule has 0 spiro atoms. The summed E-state index contributed by atoms with van der Waals surface area (Å²) < 4.78 is 0. The van der Waals surface area contributed by atoms with Gasteiger partial charge in [-0.05, 0) is 23.7 Å². The normalized spacial score (nSPS) is 29.2. The van der Waals surface area contributed by atoms with Crippen molar-refractivity contribution in [3.8, 4) is 0 Å². The Kier molecular flexibility index (Phi) is 2.01. The number of hydrogen-bond acceptors (Lipinski definition) is 2. The van der Waals surface area contributed by atoms with Gasteiger partial charge in [0.15, 0.2) is 0 Å². The van der Waals surface area contributed by atoms with Gasteiger partial charge in [0.1, 0.15) is 0 Å². The average molecular weight is 158 g/mol. The summed E-state index contributed by atoms with van der Waals surface area (Å²) in [7, 11) is 0. The second kappa shape index (κ2) is 2.46. The third kappa shape index (κ3) is 1.57. The molecule has 2 nitrogen and oxygen atoms in total. The van der Waals surface area contributed by atoms with E-state index in [1.807, 2.05) is 6.92 Å². The van der Waals surface area contributed by atoms with Gasteiger partial charge in [-0.3, -0.25) is 0 Å². The van der Waals surface area contributed by atoms with Crippen LogP contribution in [0.3, 0.4) is 0 Å². The van der Waals surface area contributed by atoms with Gasteiger partial charge in [0.2, 0.25) is 0 Å². The van der Waals surface area contributed by atoms with Gasteiger partial charge in [0.05, 0.1) is 12.7 Å². The van der Waals surface area contributed by atoms with Crippen molar-refractivity contribution in [3.63, 3.8) is 0 Å². The van der Waals surface area contributed by atoms with Gasteiger partial charge in [-0.2, -0.15) is 0 Å². The van der Waals surface area contributed by atoms with Crippen LogP contribution in [-0.4, -0.2) is 22.9 Å². The molecule has 2 N–H and O–H groups in total. The minimum Gasteiger partial charge on any atom is -0.394 e. The highest BCUT2D eigenvalue weighted by Gasteiger charge is 2.49. The molecule has 1 unspecified atom stereocenters. The highest BCUT2D eigenvalue weighted by atomic mass is 16.3. The summed E-state index contributed by atoms with van der Waals surface area (Å²) in [5.74, 6) is 0. The fraction of sp³-hybridized carbons (Fsp3) is 1.00. The molecule has 0 amide bonds. The van der Waals surface area contributed by atoms with E-state index in [4.69, 9.17) is 5.11 Å². The van der Waals surface area contributed by atoms with Crippen LogP contribution in [0, 0.1) is 10.8 Å². The first-order valence-corrected chi connectivity index (χ1v) is 4.19. The molecule has 0 aromatic heterocycles. The van der Waals surface area contributed by atoms with Gasteiger partial charge in [-0.1, -0.05) is 20.8 Å². The smallest absolute Gasteiger partial charge is 0.0824 e. The Hall–Kier alpha value is -0.0800. The van der Waals surface area contributed by atoms with Crippen molar-refractivity contribution in [2.45, 2.75) is 39.7 Å². The van der Waals surface area contributed by atoms with E-state index in [0.717, 1.165) is 12.8 Å². The highest BCUT2D eigenvalue weighted by molar-refractivity contribution is 4.99. The molecule has 1 saturated carbocycles. The topological polar surface area (TPSA) is 40.5 Å². The Morgan fingerprint density at radius 1 is 1.27 bits per heavy atom. The molecule has 0 saturated heterocycles. The highest BCUT2D eigenvalue weighted by Crippen LogP contribution is 2.55. The van der Waals surface area contributed by atoms with Gasteiger partial charge in [0.25, 0.3) is 0 Å². The molecule has 0 heterocycles. The van der Waals surface area contributed by atoms with E-state index in [2.05, 4.69) is 13.8 Å². The van der Waals surface area contributed by atoms with Crippen LogP contribution >= 0.6 is 0 Å². The maximum absolute atomic E-state index is 9.42. The second-order valence-corrected chi connectivity index (χ2v) is 4.87. The molecule has 1 atom stereocenters. The summed E-state index contributed by atoms with van der Waals surface area (Å²) in [5, 5.41) is 18.2. The van der Waals surface area contributed by atoms with Crippen molar-refractivity contribution in [3.05, 3.63) is 0 Å². The zero-order valence-corrected chi connectivity index (χ0v) is 7.59. The van der Waals surface area contributed by atoms with Gasteiger partial charge in [0, 0.05) is 0 Å². The number of aliphatic hydroxyl groups is 2. The van der Waals surface area contributed by atoms with E-state index in [0.29, 0.717) is 5.41 Å². The number of hydrogen-bond donors (Lipinski definition) is 2. The maximum Gasteiger partial charge on any atom is 0.0824 e. The average Bonchev–Trinajstić information content (AvgIpc) is 1.81. The molecule has 0 aromatic rings. The predicted molar refractivity (Wildman–Crippen MR) is 44.2 cm³/mol. The van der Waals surface area contributed by atoms with Crippen molar-refractivity contribution in [1.29, 1.82) is 0 Å². The van der Waals surface area contributed by atoms with Crippen LogP contribution in [0.2, 0.25) is 0 Å². The Morgan fingerprint density at radius 2 is 1.73 bits per heavy atom. The van der Waals surface area contributed by atoms with Crippen molar-refractivity contribution >= 4 is 0 Å². The summed E-state index contributed by atoms with van der Waals surface area (Å²) in [6.45, 7) is 6.32. The molecule has 0 bridgehead atoms. The van der Waals surface area contributed by atoms with Crippen molar-refractivity contribution in [2.75, 3.05) is 6.61 Å². The molecule has 0 aromatic carbocycles. The zero-order valence-electron chi connectivity index (χ0n) is 7.59. The lowest BCUT2D eigenvalue weighted by atomic mass is 9.53. The number of aliphatic hydroxyl groups excluding tert-OH is 2. The quantitative estimate of drug-likeness (QED) is 0.633. The lowest BCUT2D eigenvalue weighted by Gasteiger charge is -2.53. The van der Waals surface area contributed by atoms with Gasteiger partial charge < -0.3 is 10.2 Å². The first-order chi connectivity index (χ1) is 4.90. The second-order valence-electron chi connectivity index (χ2n) is 4.87. The van der Waals surface area contributed by atoms with Gasteiger partial charge in [-0.15, -0.1) is 0 Å². The summed E-state index contributed by atoms with van der Waals surface area (Å²) in [5.41, 5.74) is 0.336. The third-order valence-electron chi connectivity index (χ3n) is 2.74. The fourth-order valence-corrected chi connectivity index (χ4v) is 2.59. The van der Waals surface area contributed by atoms with E-state index < -0.39 is 6.10 Å².